The van der Waals surface area contributed by atoms with Gasteiger partial charge >= 0.3 is 5.97 Å². The Bertz CT molecular complexity index is 1510. The number of carbonyl (C=O) groups excluding carboxylic acids is 1. The maximum Gasteiger partial charge on any atom is 0.331 e. The topological polar surface area (TPSA) is 148 Å². The van der Waals surface area contributed by atoms with Crippen molar-refractivity contribution < 1.29 is 18.4 Å². The molecule has 0 spiro atoms. The molecule has 4 N–H and O–H groups in total. The Morgan fingerprint density at radius 1 is 0.757 bits per heavy atom. The highest BCUT2D eigenvalue weighted by Gasteiger charge is 2.21. The molecular weight excluding hydrogens is 482 g/mol. The van der Waals surface area contributed by atoms with Crippen molar-refractivity contribution in [2.75, 3.05) is 11.5 Å². The minimum absolute atomic E-state index is 0.0661. The van der Waals surface area contributed by atoms with Crippen molar-refractivity contribution in [1.82, 2.24) is 29.9 Å². The third-order valence-electron chi connectivity index (χ3n) is 5.41. The number of nitrogen functional groups attached to an aromatic ring is 2. The number of nitrogens with zero attached hydrogens (tertiary/aromatic N) is 6. The Kier molecular flexibility index (Phi) is 5.97. The first-order chi connectivity index (χ1) is 17.8. The van der Waals surface area contributed by atoms with Crippen LogP contribution in [0.15, 0.2) is 67.4 Å². The van der Waals surface area contributed by atoms with E-state index in [4.69, 9.17) is 16.3 Å². The minimum atomic E-state index is -0.654. The Hall–Kier alpha value is -5.26. The first kappa shape index (κ1) is 23.5. The Labute approximate surface area is 208 Å². The largest absolute Gasteiger partial charge is 0.368 e. The van der Waals surface area contributed by atoms with Crippen molar-refractivity contribution in [1.29, 1.82) is 0 Å². The maximum absolute atomic E-state index is 15.4. The normalized spacial score (nSPS) is 10.9. The second-order valence-electron chi connectivity index (χ2n) is 7.93. The lowest BCUT2D eigenvalue weighted by atomic mass is 9.97. The van der Waals surface area contributed by atoms with Crippen LogP contribution in [0.25, 0.3) is 44.6 Å². The first-order valence-electron chi connectivity index (χ1n) is 10.8. The van der Waals surface area contributed by atoms with Crippen LogP contribution in [0.1, 0.15) is 6.92 Å². The molecule has 5 aromatic rings. The number of halogens is 2. The summed E-state index contributed by atoms with van der Waals surface area (Å²) in [6.45, 7) is 1.19. The molecule has 0 aliphatic heterocycles. The molecular formula is C25H18F2N8O2. The molecule has 5 rings (SSSR count). The zero-order chi connectivity index (χ0) is 26.1. The number of rotatable bonds is 5. The van der Waals surface area contributed by atoms with Gasteiger partial charge in [-0.15, -0.1) is 5.10 Å². The highest BCUT2D eigenvalue weighted by Crippen LogP contribution is 2.36. The van der Waals surface area contributed by atoms with Gasteiger partial charge < -0.3 is 16.3 Å². The molecule has 0 saturated carbocycles. The fraction of sp³-hybridized carbons (Fsp3) is 0.0400. The van der Waals surface area contributed by atoms with E-state index in [1.807, 2.05) is 0 Å². The predicted octanol–water partition coefficient (Wildman–Crippen LogP) is 3.55. The van der Waals surface area contributed by atoms with E-state index in [9.17, 15) is 4.79 Å². The van der Waals surface area contributed by atoms with E-state index in [1.54, 1.807) is 12.1 Å². The fourth-order valence-corrected chi connectivity index (χ4v) is 3.70. The standard InChI is InChI=1S/C25H18F2N8O2/c1-13(36)37-35-12-20(18-4-2-14(6-21(18)26)16-8-30-24(28)31-9-16)23(34-35)19-5-3-15(7-22(19)27)17-10-32-25(29)33-11-17/h2-12H,1H3,(H2,28,30,31)(H2,29,32,33). The molecule has 0 radical (unpaired) electrons. The number of carbonyl (C=O) groups is 1. The lowest BCUT2D eigenvalue weighted by Gasteiger charge is -2.09. The first-order valence-corrected chi connectivity index (χ1v) is 10.8. The number of aromatic nitrogens is 6. The van der Waals surface area contributed by atoms with E-state index in [2.05, 4.69) is 25.0 Å². The van der Waals surface area contributed by atoms with Crippen LogP contribution < -0.4 is 16.3 Å². The van der Waals surface area contributed by atoms with Crippen molar-refractivity contribution in [2.24, 2.45) is 0 Å². The molecule has 12 heteroatoms. The summed E-state index contributed by atoms with van der Waals surface area (Å²) in [6.07, 6.45) is 7.21. The Balaban J connectivity index is 1.58. The monoisotopic (exact) mass is 500 g/mol. The van der Waals surface area contributed by atoms with Crippen LogP contribution >= 0.6 is 0 Å². The van der Waals surface area contributed by atoms with Gasteiger partial charge in [-0.3, -0.25) is 0 Å². The fourth-order valence-electron chi connectivity index (χ4n) is 3.70. The van der Waals surface area contributed by atoms with Gasteiger partial charge in [0.2, 0.25) is 11.9 Å². The minimum Gasteiger partial charge on any atom is -0.368 e. The van der Waals surface area contributed by atoms with Crippen molar-refractivity contribution >= 4 is 17.9 Å². The summed E-state index contributed by atoms with van der Waals surface area (Å²) in [7, 11) is 0. The van der Waals surface area contributed by atoms with Gasteiger partial charge in [0.25, 0.3) is 0 Å². The van der Waals surface area contributed by atoms with Crippen LogP contribution in [0.3, 0.4) is 0 Å². The number of benzene rings is 2. The molecule has 3 heterocycles. The SMILES string of the molecule is CC(=O)On1cc(-c2ccc(-c3cnc(N)nc3)cc2F)c(-c2ccc(-c3cnc(N)nc3)cc2F)n1. The van der Waals surface area contributed by atoms with Crippen LogP contribution in [-0.2, 0) is 4.79 Å². The van der Waals surface area contributed by atoms with Gasteiger partial charge in [-0.25, -0.2) is 33.5 Å². The van der Waals surface area contributed by atoms with Gasteiger partial charge in [0.05, 0.1) is 6.20 Å². The van der Waals surface area contributed by atoms with Gasteiger partial charge in [-0.2, -0.15) is 0 Å². The van der Waals surface area contributed by atoms with E-state index in [1.165, 1.54) is 62.2 Å². The summed E-state index contributed by atoms with van der Waals surface area (Å²) in [5.74, 6) is -1.72. The molecule has 0 unspecified atom stereocenters. The summed E-state index contributed by atoms with van der Waals surface area (Å²) in [5.41, 5.74) is 13.6. The molecule has 0 fully saturated rings. The zero-order valence-electron chi connectivity index (χ0n) is 19.3. The average molecular weight is 500 g/mol. The molecule has 0 amide bonds. The molecule has 2 aromatic carbocycles. The molecule has 184 valence electrons. The van der Waals surface area contributed by atoms with E-state index >= 15 is 8.78 Å². The van der Waals surface area contributed by atoms with Gasteiger partial charge in [0, 0.05) is 59.5 Å². The highest BCUT2D eigenvalue weighted by atomic mass is 19.1. The van der Waals surface area contributed by atoms with Crippen molar-refractivity contribution in [3.8, 4) is 44.6 Å². The van der Waals surface area contributed by atoms with E-state index in [-0.39, 0.29) is 34.3 Å². The van der Waals surface area contributed by atoms with E-state index < -0.39 is 17.6 Å². The second-order valence-corrected chi connectivity index (χ2v) is 7.93. The van der Waals surface area contributed by atoms with Crippen LogP contribution in [-0.4, -0.2) is 35.8 Å². The highest BCUT2D eigenvalue weighted by molar-refractivity contribution is 5.83. The summed E-state index contributed by atoms with van der Waals surface area (Å²) in [4.78, 5) is 33.1. The molecule has 0 aliphatic rings. The summed E-state index contributed by atoms with van der Waals surface area (Å²) in [5, 5.41) is 4.20. The lowest BCUT2D eigenvalue weighted by Crippen LogP contribution is -2.16. The van der Waals surface area contributed by atoms with Crippen LogP contribution in [0, 0.1) is 11.6 Å². The predicted molar refractivity (Wildman–Crippen MR) is 131 cm³/mol. The third-order valence-corrected chi connectivity index (χ3v) is 5.41. The molecule has 0 aliphatic carbocycles. The molecule has 3 aromatic heterocycles. The Morgan fingerprint density at radius 2 is 1.24 bits per heavy atom. The van der Waals surface area contributed by atoms with Crippen molar-refractivity contribution in [3.05, 3.63) is 79.0 Å². The molecule has 37 heavy (non-hydrogen) atoms. The molecule has 10 nitrogen and oxygen atoms in total. The molecule has 0 bridgehead atoms. The van der Waals surface area contributed by atoms with Crippen molar-refractivity contribution in [2.45, 2.75) is 6.92 Å². The third kappa shape index (κ3) is 4.80. The van der Waals surface area contributed by atoms with Gasteiger partial charge in [-0.05, 0) is 29.3 Å². The van der Waals surface area contributed by atoms with Crippen LogP contribution in [0.5, 0.6) is 0 Å². The van der Waals surface area contributed by atoms with E-state index in [0.717, 1.165) is 4.85 Å². The smallest absolute Gasteiger partial charge is 0.331 e. The number of hydrogen-bond donors (Lipinski definition) is 2. The van der Waals surface area contributed by atoms with Crippen LogP contribution in [0.4, 0.5) is 20.7 Å². The summed E-state index contributed by atoms with van der Waals surface area (Å²) < 4.78 is 30.7. The number of hydrogen-bond acceptors (Lipinski definition) is 9. The number of anilines is 2. The zero-order valence-corrected chi connectivity index (χ0v) is 19.3. The van der Waals surface area contributed by atoms with Gasteiger partial charge in [0.15, 0.2) is 0 Å². The van der Waals surface area contributed by atoms with Crippen molar-refractivity contribution in [3.63, 3.8) is 0 Å². The summed E-state index contributed by atoms with van der Waals surface area (Å²) in [6, 6.07) is 8.86. The lowest BCUT2D eigenvalue weighted by molar-refractivity contribution is -0.143. The van der Waals surface area contributed by atoms with E-state index in [0.29, 0.717) is 22.3 Å². The van der Waals surface area contributed by atoms with Crippen LogP contribution in [0.2, 0.25) is 0 Å². The quantitative estimate of drug-likeness (QED) is 0.370. The molecule has 0 atom stereocenters. The summed E-state index contributed by atoms with van der Waals surface area (Å²) >= 11 is 0. The average Bonchev–Trinajstić information content (AvgIpc) is 3.27. The van der Waals surface area contributed by atoms with Gasteiger partial charge in [0.1, 0.15) is 17.3 Å². The van der Waals surface area contributed by atoms with Gasteiger partial charge in [-0.1, -0.05) is 23.0 Å². The second kappa shape index (κ2) is 9.41. The molecule has 0 saturated heterocycles. The Morgan fingerprint density at radius 3 is 1.70 bits per heavy atom. The number of nitrogens with two attached hydrogens (primary N) is 2. The maximum atomic E-state index is 15.4.